The van der Waals surface area contributed by atoms with Gasteiger partial charge in [0.15, 0.2) is 5.79 Å². The average molecular weight is 841 g/mol. The van der Waals surface area contributed by atoms with Gasteiger partial charge in [-0.1, -0.05) is 64.1 Å². The fraction of sp³-hybridized carbons (Fsp3) is 0.446. The Bertz CT molecular complexity index is 2740. The van der Waals surface area contributed by atoms with Crippen molar-refractivity contribution in [2.24, 2.45) is 11.8 Å². The third-order valence-electron chi connectivity index (χ3n) is 14.2. The maximum absolute atomic E-state index is 11.8. The monoisotopic (exact) mass is 840 g/mol. The number of ether oxygens (including phenoxy) is 2. The SMILES string of the molecule is Cc1cc2c(cc1C#N)c(-c1cccc(CC(C)C)c1C)cn2C1CCC(=O)CC1.Cc1cc2c(cc1C#N)c(-c1cccc(CC(C)C)c1C)cn2C1CCC2(CC1)OCCO2. The van der Waals surface area contributed by atoms with Crippen LogP contribution in [-0.4, -0.2) is 33.9 Å². The standard InChI is InChI=1S/C29H34N2O2.C27H30N2O/c1-19(2)14-22-6-5-7-25(21(22)4)27-18-31(28-15-20(3)23(17-30)16-26(27)28)24-8-10-29(11-9-24)32-12-13-33-29;1-17(2)12-20-6-5-7-24(19(20)4)26-16-29(22-8-10-23(30)11-9-22)27-13-18(3)21(15-28)14-25(26)27/h5-7,15-16,18-19,24H,8-14H2,1-4H3;5-7,13-14,16-17,22H,8-12H2,1-4H3. The fourth-order valence-electron chi connectivity index (χ4n) is 10.7. The van der Waals surface area contributed by atoms with E-state index in [2.05, 4.69) is 136 Å². The quantitative estimate of drug-likeness (QED) is 0.152. The van der Waals surface area contributed by atoms with E-state index >= 15 is 0 Å². The molecule has 63 heavy (non-hydrogen) atoms. The van der Waals surface area contributed by atoms with E-state index in [1.54, 1.807) is 0 Å². The van der Waals surface area contributed by atoms with Gasteiger partial charge in [0.1, 0.15) is 5.78 Å². The largest absolute Gasteiger partial charge is 0.348 e. The number of aryl methyl sites for hydroxylation is 2. The number of ketones is 1. The Labute approximate surface area is 374 Å². The van der Waals surface area contributed by atoms with Crippen molar-refractivity contribution in [2.75, 3.05) is 13.2 Å². The highest BCUT2D eigenvalue weighted by molar-refractivity contribution is 5.99. The minimum Gasteiger partial charge on any atom is -0.348 e. The van der Waals surface area contributed by atoms with E-state index in [-0.39, 0.29) is 5.79 Å². The van der Waals surface area contributed by atoms with Gasteiger partial charge in [-0.2, -0.15) is 10.5 Å². The molecule has 3 fully saturated rings. The van der Waals surface area contributed by atoms with Crippen LogP contribution in [0.25, 0.3) is 44.1 Å². The molecule has 7 nitrogen and oxygen atoms in total. The molecule has 2 saturated carbocycles. The number of aromatic nitrogens is 2. The summed E-state index contributed by atoms with van der Waals surface area (Å²) in [5.41, 5.74) is 16.4. The number of fused-ring (bicyclic) bond motifs is 2. The van der Waals surface area contributed by atoms with Gasteiger partial charge in [0.05, 0.1) is 36.5 Å². The molecule has 326 valence electrons. The maximum atomic E-state index is 11.8. The number of carbonyl (C=O) groups excluding carboxylic acids is 1. The Balaban J connectivity index is 0.000000174. The molecule has 2 aromatic heterocycles. The van der Waals surface area contributed by atoms with Gasteiger partial charge in [-0.15, -0.1) is 0 Å². The number of nitriles is 2. The molecule has 0 N–H and O–H groups in total. The van der Waals surface area contributed by atoms with Gasteiger partial charge in [-0.3, -0.25) is 4.79 Å². The Morgan fingerprint density at radius 3 is 1.48 bits per heavy atom. The van der Waals surface area contributed by atoms with Crippen molar-refractivity contribution in [3.63, 3.8) is 0 Å². The number of carbonyl (C=O) groups is 1. The zero-order valence-corrected chi connectivity index (χ0v) is 38.7. The predicted octanol–water partition coefficient (Wildman–Crippen LogP) is 13.5. The second kappa shape index (κ2) is 18.3. The Morgan fingerprint density at radius 1 is 0.635 bits per heavy atom. The summed E-state index contributed by atoms with van der Waals surface area (Å²) in [7, 11) is 0. The van der Waals surface area contributed by atoms with Crippen molar-refractivity contribution in [3.8, 4) is 34.4 Å². The van der Waals surface area contributed by atoms with Gasteiger partial charge in [0.2, 0.25) is 0 Å². The molecule has 3 aliphatic rings. The highest BCUT2D eigenvalue weighted by Gasteiger charge is 2.41. The molecule has 0 amide bonds. The zero-order chi connectivity index (χ0) is 44.6. The fourth-order valence-corrected chi connectivity index (χ4v) is 10.7. The lowest BCUT2D eigenvalue weighted by Crippen LogP contribution is -2.35. The number of rotatable bonds is 8. The van der Waals surface area contributed by atoms with Crippen LogP contribution < -0.4 is 0 Å². The molecule has 4 aromatic carbocycles. The molecule has 7 heteroatoms. The smallest absolute Gasteiger partial charge is 0.168 e. The molecule has 3 heterocycles. The van der Waals surface area contributed by atoms with Crippen molar-refractivity contribution in [3.05, 3.63) is 118 Å². The van der Waals surface area contributed by atoms with Gasteiger partial charge in [-0.05, 0) is 147 Å². The van der Waals surface area contributed by atoms with Crippen LogP contribution in [0, 0.1) is 62.2 Å². The van der Waals surface area contributed by atoms with Gasteiger partial charge in [-0.25, -0.2) is 0 Å². The van der Waals surface area contributed by atoms with Crippen LogP contribution in [0.4, 0.5) is 0 Å². The van der Waals surface area contributed by atoms with Crippen LogP contribution in [0.1, 0.15) is 136 Å². The van der Waals surface area contributed by atoms with Crippen LogP contribution in [0.5, 0.6) is 0 Å². The lowest BCUT2D eigenvalue weighted by molar-refractivity contribution is -0.181. The third kappa shape index (κ3) is 8.89. The van der Waals surface area contributed by atoms with Crippen LogP contribution >= 0.6 is 0 Å². The van der Waals surface area contributed by atoms with Crippen molar-refractivity contribution >= 4 is 27.6 Å². The van der Waals surface area contributed by atoms with E-state index < -0.39 is 0 Å². The Morgan fingerprint density at radius 2 is 1.06 bits per heavy atom. The van der Waals surface area contributed by atoms with E-state index in [1.165, 1.54) is 60.9 Å². The topological polar surface area (TPSA) is 93.0 Å². The summed E-state index contributed by atoms with van der Waals surface area (Å²) in [5.74, 6) is 1.24. The second-order valence-corrected chi connectivity index (χ2v) is 19.5. The van der Waals surface area contributed by atoms with Gasteiger partial charge < -0.3 is 18.6 Å². The lowest BCUT2D eigenvalue weighted by atomic mass is 9.89. The molecule has 1 aliphatic heterocycles. The van der Waals surface area contributed by atoms with Crippen molar-refractivity contribution in [2.45, 2.75) is 137 Å². The zero-order valence-electron chi connectivity index (χ0n) is 38.7. The molecule has 0 atom stereocenters. The van der Waals surface area contributed by atoms with E-state index in [9.17, 15) is 15.3 Å². The van der Waals surface area contributed by atoms with Gasteiger partial charge >= 0.3 is 0 Å². The highest BCUT2D eigenvalue weighted by atomic mass is 16.7. The van der Waals surface area contributed by atoms with Gasteiger partial charge in [0, 0.05) is 83.1 Å². The molecule has 0 radical (unpaired) electrons. The maximum Gasteiger partial charge on any atom is 0.168 e. The van der Waals surface area contributed by atoms with E-state index in [4.69, 9.17) is 9.47 Å². The van der Waals surface area contributed by atoms with Crippen LogP contribution in [0.3, 0.4) is 0 Å². The summed E-state index contributed by atoms with van der Waals surface area (Å²) >= 11 is 0. The minimum atomic E-state index is -0.353. The van der Waals surface area contributed by atoms with Crippen LogP contribution in [-0.2, 0) is 27.1 Å². The van der Waals surface area contributed by atoms with E-state index in [0.29, 0.717) is 55.8 Å². The first-order valence-corrected chi connectivity index (χ1v) is 23.4. The van der Waals surface area contributed by atoms with E-state index in [0.717, 1.165) is 79.0 Å². The summed E-state index contributed by atoms with van der Waals surface area (Å²) in [5, 5.41) is 21.7. The molecular formula is C56H64N4O3. The molecular weight excluding hydrogens is 777 g/mol. The molecule has 0 unspecified atom stereocenters. The summed E-state index contributed by atoms with van der Waals surface area (Å²) < 4.78 is 16.8. The number of nitrogens with zero attached hydrogens (tertiary/aromatic N) is 4. The Hall–Kier alpha value is -5.47. The highest BCUT2D eigenvalue weighted by Crippen LogP contribution is 2.45. The summed E-state index contributed by atoms with van der Waals surface area (Å²) in [6, 6.07) is 27.3. The molecule has 2 aliphatic carbocycles. The molecule has 9 rings (SSSR count). The number of benzene rings is 4. The van der Waals surface area contributed by atoms with Crippen molar-refractivity contribution in [1.82, 2.24) is 9.13 Å². The summed E-state index contributed by atoms with van der Waals surface area (Å²) in [6.07, 6.45) is 13.8. The molecule has 1 saturated heterocycles. The Kier molecular flexibility index (Phi) is 12.8. The number of Topliss-reactive ketones (excluding diaryl/α,β-unsaturated/α-hetero) is 1. The molecule has 0 bridgehead atoms. The lowest BCUT2D eigenvalue weighted by Gasteiger charge is -2.36. The van der Waals surface area contributed by atoms with Crippen molar-refractivity contribution < 1.29 is 14.3 Å². The normalized spacial score (nSPS) is 16.9. The average Bonchev–Trinajstić information content (AvgIpc) is 3.98. The van der Waals surface area contributed by atoms with Crippen LogP contribution in [0.2, 0.25) is 0 Å². The van der Waals surface area contributed by atoms with Gasteiger partial charge in [0.25, 0.3) is 0 Å². The first-order chi connectivity index (χ1) is 30.3. The van der Waals surface area contributed by atoms with Crippen molar-refractivity contribution in [1.29, 1.82) is 10.5 Å². The van der Waals surface area contributed by atoms with E-state index in [1.807, 2.05) is 13.8 Å². The number of hydrogen-bond acceptors (Lipinski definition) is 5. The first-order valence-electron chi connectivity index (χ1n) is 23.4. The first kappa shape index (κ1) is 44.1. The number of hydrogen-bond donors (Lipinski definition) is 0. The predicted molar refractivity (Wildman–Crippen MR) is 255 cm³/mol. The summed E-state index contributed by atoms with van der Waals surface area (Å²) in [6.45, 7) is 19.0. The second-order valence-electron chi connectivity index (χ2n) is 19.5. The molecule has 1 spiro atoms. The minimum absolute atomic E-state index is 0.338. The molecule has 6 aromatic rings. The van der Waals surface area contributed by atoms with Crippen LogP contribution in [0.15, 0.2) is 73.1 Å². The summed E-state index contributed by atoms with van der Waals surface area (Å²) in [4.78, 5) is 11.8. The third-order valence-corrected chi connectivity index (χ3v) is 14.2.